The average molecular weight is 326 g/mol. The van der Waals surface area contributed by atoms with Crippen molar-refractivity contribution in [2.24, 2.45) is 0 Å². The molecule has 0 aliphatic heterocycles. The molecule has 110 valence electrons. The monoisotopic (exact) mass is 325 g/mol. The number of amides is 1. The summed E-state index contributed by atoms with van der Waals surface area (Å²) in [6, 6.07) is 8.13. The quantitative estimate of drug-likeness (QED) is 0.828. The number of halogens is 2. The maximum Gasteiger partial charge on any atom is 0.259 e. The second-order valence-corrected chi connectivity index (χ2v) is 5.26. The minimum Gasteiger partial charge on any atom is -0.505 e. The second-order valence-electron chi connectivity index (χ2n) is 4.45. The van der Waals surface area contributed by atoms with Crippen LogP contribution in [-0.4, -0.2) is 18.1 Å². The lowest BCUT2D eigenvalue weighted by atomic mass is 10.1. The van der Waals surface area contributed by atoms with Gasteiger partial charge in [-0.3, -0.25) is 4.79 Å². The second kappa shape index (κ2) is 6.24. The molecule has 0 unspecified atom stereocenters. The number of benzene rings is 2. The number of phenols is 1. The van der Waals surface area contributed by atoms with Gasteiger partial charge in [0.15, 0.2) is 5.75 Å². The number of aryl methyl sites for hydroxylation is 1. The van der Waals surface area contributed by atoms with Gasteiger partial charge in [-0.1, -0.05) is 34.8 Å². The Hall–Kier alpha value is -1.91. The molecule has 21 heavy (non-hydrogen) atoms. The van der Waals surface area contributed by atoms with Crippen molar-refractivity contribution in [2.75, 3.05) is 12.4 Å². The fraction of sp³-hybridized carbons (Fsp3) is 0.133. The smallest absolute Gasteiger partial charge is 0.259 e. The first-order valence-electron chi connectivity index (χ1n) is 6.06. The van der Waals surface area contributed by atoms with Crippen LogP contribution in [-0.2, 0) is 0 Å². The number of phenolic OH excluding ortho intramolecular Hbond substituents is 1. The third-order valence-corrected chi connectivity index (χ3v) is 3.45. The van der Waals surface area contributed by atoms with E-state index in [1.165, 1.54) is 19.2 Å². The summed E-state index contributed by atoms with van der Waals surface area (Å²) in [5.74, 6) is -0.105. The van der Waals surface area contributed by atoms with E-state index in [0.29, 0.717) is 17.0 Å². The van der Waals surface area contributed by atoms with Crippen molar-refractivity contribution in [1.29, 1.82) is 0 Å². The van der Waals surface area contributed by atoms with Gasteiger partial charge in [-0.05, 0) is 31.2 Å². The molecule has 0 aliphatic carbocycles. The number of rotatable bonds is 3. The summed E-state index contributed by atoms with van der Waals surface area (Å²) in [4.78, 5) is 12.3. The molecule has 0 spiro atoms. The molecule has 0 saturated heterocycles. The van der Waals surface area contributed by atoms with Crippen LogP contribution in [0.25, 0.3) is 0 Å². The Morgan fingerprint density at radius 1 is 1.19 bits per heavy atom. The van der Waals surface area contributed by atoms with Gasteiger partial charge in [0.25, 0.3) is 5.91 Å². The van der Waals surface area contributed by atoms with Crippen molar-refractivity contribution in [3.05, 3.63) is 51.5 Å². The lowest BCUT2D eigenvalue weighted by Crippen LogP contribution is -2.13. The molecule has 2 aromatic carbocycles. The Kier molecular flexibility index (Phi) is 4.60. The Labute approximate surface area is 132 Å². The predicted molar refractivity (Wildman–Crippen MR) is 83.8 cm³/mol. The molecule has 6 heteroatoms. The average Bonchev–Trinajstić information content (AvgIpc) is 2.44. The summed E-state index contributed by atoms with van der Waals surface area (Å²) < 4.78 is 5.17. The standard InChI is InChI=1S/C15H13Cl2NO3/c1-8-3-4-13(21-2)10(5-8)15(20)18-9-6-11(16)14(19)12(17)7-9/h3-7,19H,1-2H3,(H,18,20). The number of hydrogen-bond acceptors (Lipinski definition) is 3. The van der Waals surface area contributed by atoms with E-state index < -0.39 is 0 Å². The first-order chi connectivity index (χ1) is 9.92. The van der Waals surface area contributed by atoms with E-state index in [1.54, 1.807) is 12.1 Å². The van der Waals surface area contributed by atoms with Gasteiger partial charge < -0.3 is 15.2 Å². The van der Waals surface area contributed by atoms with Gasteiger partial charge in [-0.15, -0.1) is 0 Å². The number of carbonyl (C=O) groups excluding carboxylic acids is 1. The number of methoxy groups -OCH3 is 1. The SMILES string of the molecule is COc1ccc(C)cc1C(=O)Nc1cc(Cl)c(O)c(Cl)c1. The molecule has 0 radical (unpaired) electrons. The number of carbonyl (C=O) groups is 1. The van der Waals surface area contributed by atoms with Crippen LogP contribution in [0.4, 0.5) is 5.69 Å². The summed E-state index contributed by atoms with van der Waals surface area (Å²) in [6.07, 6.45) is 0. The van der Waals surface area contributed by atoms with Gasteiger partial charge in [0.2, 0.25) is 0 Å². The van der Waals surface area contributed by atoms with Crippen LogP contribution in [0.3, 0.4) is 0 Å². The molecule has 0 fully saturated rings. The predicted octanol–water partition coefficient (Wildman–Crippen LogP) is 4.27. The molecule has 4 nitrogen and oxygen atoms in total. The zero-order valence-corrected chi connectivity index (χ0v) is 12.9. The zero-order chi connectivity index (χ0) is 15.6. The number of aromatic hydroxyl groups is 1. The molecule has 2 N–H and O–H groups in total. The first-order valence-corrected chi connectivity index (χ1v) is 6.82. The summed E-state index contributed by atoms with van der Waals surface area (Å²) in [6.45, 7) is 1.88. The van der Waals surface area contributed by atoms with Gasteiger partial charge in [0, 0.05) is 5.69 Å². The van der Waals surface area contributed by atoms with Gasteiger partial charge in [-0.25, -0.2) is 0 Å². The highest BCUT2D eigenvalue weighted by Gasteiger charge is 2.14. The molecule has 0 bridgehead atoms. The third-order valence-electron chi connectivity index (χ3n) is 2.87. The maximum atomic E-state index is 12.3. The van der Waals surface area contributed by atoms with Crippen LogP contribution < -0.4 is 10.1 Å². The van der Waals surface area contributed by atoms with E-state index >= 15 is 0 Å². The van der Waals surface area contributed by atoms with Crippen LogP contribution in [0.1, 0.15) is 15.9 Å². The highest BCUT2D eigenvalue weighted by Crippen LogP contribution is 2.35. The summed E-state index contributed by atoms with van der Waals surface area (Å²) in [5, 5.41) is 12.3. The highest BCUT2D eigenvalue weighted by molar-refractivity contribution is 6.37. The van der Waals surface area contributed by atoms with Gasteiger partial charge >= 0.3 is 0 Å². The molecule has 0 aromatic heterocycles. The fourth-order valence-corrected chi connectivity index (χ4v) is 2.32. The Morgan fingerprint density at radius 3 is 2.38 bits per heavy atom. The van der Waals surface area contributed by atoms with Crippen molar-refractivity contribution in [3.8, 4) is 11.5 Å². The van der Waals surface area contributed by atoms with Gasteiger partial charge in [0.05, 0.1) is 22.7 Å². The van der Waals surface area contributed by atoms with Gasteiger partial charge in [0.1, 0.15) is 5.75 Å². The normalized spacial score (nSPS) is 10.3. The number of anilines is 1. The molecule has 2 aromatic rings. The zero-order valence-electron chi connectivity index (χ0n) is 11.4. The Morgan fingerprint density at radius 2 is 1.81 bits per heavy atom. The van der Waals surface area contributed by atoms with E-state index in [-0.39, 0.29) is 21.7 Å². The van der Waals surface area contributed by atoms with E-state index in [2.05, 4.69) is 5.32 Å². The fourth-order valence-electron chi connectivity index (χ4n) is 1.84. The van der Waals surface area contributed by atoms with Gasteiger partial charge in [-0.2, -0.15) is 0 Å². The molecule has 0 aliphatic rings. The molecule has 1 amide bonds. The van der Waals surface area contributed by atoms with Crippen LogP contribution in [0, 0.1) is 6.92 Å². The van der Waals surface area contributed by atoms with Crippen molar-refractivity contribution >= 4 is 34.8 Å². The third kappa shape index (κ3) is 3.40. The summed E-state index contributed by atoms with van der Waals surface area (Å²) >= 11 is 11.6. The Bertz CT molecular complexity index is 678. The highest BCUT2D eigenvalue weighted by atomic mass is 35.5. The lowest BCUT2D eigenvalue weighted by Gasteiger charge is -2.11. The number of hydrogen-bond donors (Lipinski definition) is 2. The number of nitrogens with one attached hydrogen (secondary N) is 1. The minimum atomic E-state index is -0.353. The van der Waals surface area contributed by atoms with Crippen molar-refractivity contribution in [2.45, 2.75) is 6.92 Å². The summed E-state index contributed by atoms with van der Waals surface area (Å²) in [7, 11) is 1.50. The Balaban J connectivity index is 2.32. The van der Waals surface area contributed by atoms with Crippen LogP contribution in [0.15, 0.2) is 30.3 Å². The van der Waals surface area contributed by atoms with E-state index in [4.69, 9.17) is 27.9 Å². The van der Waals surface area contributed by atoms with Crippen LogP contribution >= 0.6 is 23.2 Å². The molecular formula is C15H13Cl2NO3. The maximum absolute atomic E-state index is 12.3. The van der Waals surface area contributed by atoms with Crippen LogP contribution in [0.2, 0.25) is 10.0 Å². The molecular weight excluding hydrogens is 313 g/mol. The number of ether oxygens (including phenoxy) is 1. The molecule has 0 heterocycles. The van der Waals surface area contributed by atoms with E-state index in [9.17, 15) is 9.90 Å². The van der Waals surface area contributed by atoms with Crippen LogP contribution in [0.5, 0.6) is 11.5 Å². The lowest BCUT2D eigenvalue weighted by molar-refractivity contribution is 0.102. The van der Waals surface area contributed by atoms with Crippen molar-refractivity contribution < 1.29 is 14.6 Å². The summed E-state index contributed by atoms with van der Waals surface area (Å²) in [5.41, 5.74) is 1.72. The van der Waals surface area contributed by atoms with E-state index in [1.807, 2.05) is 13.0 Å². The van der Waals surface area contributed by atoms with E-state index in [0.717, 1.165) is 5.56 Å². The largest absolute Gasteiger partial charge is 0.505 e. The molecule has 2 rings (SSSR count). The minimum absolute atomic E-state index is 0.0639. The topological polar surface area (TPSA) is 58.6 Å². The molecule has 0 atom stereocenters. The van der Waals surface area contributed by atoms with Crippen molar-refractivity contribution in [3.63, 3.8) is 0 Å². The first kappa shape index (κ1) is 15.5. The molecule has 0 saturated carbocycles. The van der Waals surface area contributed by atoms with Crippen molar-refractivity contribution in [1.82, 2.24) is 0 Å².